The molecule has 0 heterocycles. The van der Waals surface area contributed by atoms with Crippen LogP contribution in [0.1, 0.15) is 22.6 Å². The van der Waals surface area contributed by atoms with Gasteiger partial charge in [0.25, 0.3) is 0 Å². The molecule has 0 aliphatic heterocycles. The van der Waals surface area contributed by atoms with E-state index in [1.54, 1.807) is 18.2 Å². The molecule has 0 radical (unpaired) electrons. The second kappa shape index (κ2) is 10.6. The van der Waals surface area contributed by atoms with E-state index in [0.29, 0.717) is 18.2 Å². The molecule has 3 aromatic carbocycles. The molecule has 3 rings (SSSR count). The van der Waals surface area contributed by atoms with Crippen molar-refractivity contribution in [2.45, 2.75) is 25.2 Å². The quantitative estimate of drug-likeness (QED) is 0.476. The Morgan fingerprint density at radius 1 is 0.931 bits per heavy atom. The Morgan fingerprint density at radius 3 is 2.10 bits per heavy atom. The predicted molar refractivity (Wildman–Crippen MR) is 118 cm³/mol. The van der Waals surface area contributed by atoms with Crippen molar-refractivity contribution in [2.75, 3.05) is 0 Å². The third kappa shape index (κ3) is 6.05. The molecular formula is C25H24ClNO2. The molecule has 0 spiro atoms. The monoisotopic (exact) mass is 405 g/mol. The molecule has 0 fully saturated rings. The van der Waals surface area contributed by atoms with Gasteiger partial charge in [0.2, 0.25) is 5.91 Å². The van der Waals surface area contributed by atoms with Gasteiger partial charge >= 0.3 is 0 Å². The Bertz CT molecular complexity index is 911. The molecule has 3 nitrogen and oxygen atoms in total. The largest absolute Gasteiger partial charge is 0.368 e. The van der Waals surface area contributed by atoms with E-state index in [2.05, 4.69) is 11.9 Å². The molecule has 0 aromatic heterocycles. The fourth-order valence-electron chi connectivity index (χ4n) is 3.12. The number of hydrogen-bond acceptors (Lipinski definition) is 2. The van der Waals surface area contributed by atoms with E-state index >= 15 is 0 Å². The van der Waals surface area contributed by atoms with Crippen LogP contribution in [-0.2, 0) is 22.7 Å². The van der Waals surface area contributed by atoms with Crippen molar-refractivity contribution in [3.05, 3.63) is 119 Å². The third-order valence-corrected chi connectivity index (χ3v) is 4.92. The topological polar surface area (TPSA) is 38.3 Å². The van der Waals surface area contributed by atoms with Crippen LogP contribution in [0.2, 0.25) is 5.02 Å². The molecule has 2 atom stereocenters. The van der Waals surface area contributed by atoms with E-state index < -0.39 is 12.0 Å². The minimum Gasteiger partial charge on any atom is -0.368 e. The summed E-state index contributed by atoms with van der Waals surface area (Å²) in [6.45, 7) is 4.75. The average Bonchev–Trinajstić information content (AvgIpc) is 2.77. The number of carbonyl (C=O) groups is 1. The molecule has 0 aliphatic carbocycles. The number of ether oxygens (including phenoxy) is 1. The summed E-state index contributed by atoms with van der Waals surface area (Å²) in [5.74, 6) is -0.647. The number of hydrogen-bond donors (Lipinski definition) is 1. The highest BCUT2D eigenvalue weighted by Gasteiger charge is 2.29. The normalized spacial score (nSPS) is 12.7. The van der Waals surface area contributed by atoms with Gasteiger partial charge in [-0.2, -0.15) is 0 Å². The van der Waals surface area contributed by atoms with Gasteiger partial charge in [0.1, 0.15) is 0 Å². The first-order valence-corrected chi connectivity index (χ1v) is 9.90. The van der Waals surface area contributed by atoms with E-state index in [0.717, 1.165) is 16.7 Å². The Hall–Kier alpha value is -2.88. The van der Waals surface area contributed by atoms with Crippen molar-refractivity contribution >= 4 is 17.5 Å². The van der Waals surface area contributed by atoms with Crippen molar-refractivity contribution in [1.82, 2.24) is 5.32 Å². The zero-order valence-electron chi connectivity index (χ0n) is 16.1. The summed E-state index contributed by atoms with van der Waals surface area (Å²) in [5, 5.41) is 3.65. The summed E-state index contributed by atoms with van der Waals surface area (Å²) in [4.78, 5) is 13.1. The molecule has 3 aromatic rings. The van der Waals surface area contributed by atoms with Gasteiger partial charge in [-0.1, -0.05) is 90.5 Å². The van der Waals surface area contributed by atoms with Crippen LogP contribution < -0.4 is 5.32 Å². The highest BCUT2D eigenvalue weighted by molar-refractivity contribution is 6.30. The molecule has 0 aliphatic rings. The summed E-state index contributed by atoms with van der Waals surface area (Å²) in [5.41, 5.74) is 2.91. The van der Waals surface area contributed by atoms with Crippen LogP contribution in [0.3, 0.4) is 0 Å². The smallest absolute Gasteiger partial charge is 0.230 e. The lowest BCUT2D eigenvalue weighted by atomic mass is 9.92. The lowest BCUT2D eigenvalue weighted by Gasteiger charge is -2.25. The SMILES string of the molecule is C=C[C@H](OCc1ccccc1)[C@H](C(=O)NCc1ccccc1)c1ccc(Cl)cc1. The second-order valence-electron chi connectivity index (χ2n) is 6.73. The maximum atomic E-state index is 13.1. The molecule has 0 bridgehead atoms. The first kappa shape index (κ1) is 20.8. The highest BCUT2D eigenvalue weighted by Crippen LogP contribution is 2.26. The van der Waals surface area contributed by atoms with Crippen molar-refractivity contribution in [1.29, 1.82) is 0 Å². The van der Waals surface area contributed by atoms with Crippen LogP contribution in [0.15, 0.2) is 97.6 Å². The van der Waals surface area contributed by atoms with E-state index in [1.165, 1.54) is 0 Å². The van der Waals surface area contributed by atoms with Crippen LogP contribution in [0, 0.1) is 0 Å². The fraction of sp³-hybridized carbons (Fsp3) is 0.160. The molecule has 29 heavy (non-hydrogen) atoms. The maximum Gasteiger partial charge on any atom is 0.230 e. The van der Waals surface area contributed by atoms with Crippen molar-refractivity contribution in [3.63, 3.8) is 0 Å². The van der Waals surface area contributed by atoms with Crippen LogP contribution in [0.25, 0.3) is 0 Å². The van der Waals surface area contributed by atoms with Gasteiger partial charge in [-0.25, -0.2) is 0 Å². The third-order valence-electron chi connectivity index (χ3n) is 4.67. The summed E-state index contributed by atoms with van der Waals surface area (Å²) in [6, 6.07) is 27.0. The maximum absolute atomic E-state index is 13.1. The number of amides is 1. The Kier molecular flexibility index (Phi) is 7.62. The number of benzene rings is 3. The predicted octanol–water partition coefficient (Wildman–Crippen LogP) is 5.51. The molecule has 0 unspecified atom stereocenters. The van der Waals surface area contributed by atoms with Gasteiger partial charge in [-0.05, 0) is 28.8 Å². The minimum absolute atomic E-state index is 0.117. The van der Waals surface area contributed by atoms with Gasteiger partial charge in [0.05, 0.1) is 18.6 Å². The van der Waals surface area contributed by atoms with E-state index in [9.17, 15) is 4.79 Å². The Balaban J connectivity index is 1.77. The Morgan fingerprint density at radius 2 is 1.52 bits per heavy atom. The van der Waals surface area contributed by atoms with Gasteiger partial charge in [-0.3, -0.25) is 4.79 Å². The van der Waals surface area contributed by atoms with Crippen LogP contribution in [0.5, 0.6) is 0 Å². The van der Waals surface area contributed by atoms with Crippen molar-refractivity contribution in [3.8, 4) is 0 Å². The molecule has 1 N–H and O–H groups in total. The van der Waals surface area contributed by atoms with Gasteiger partial charge in [0, 0.05) is 11.6 Å². The number of carbonyl (C=O) groups excluding carboxylic acids is 1. The van der Waals surface area contributed by atoms with Crippen molar-refractivity contribution in [2.24, 2.45) is 0 Å². The number of halogens is 1. The van der Waals surface area contributed by atoms with Crippen molar-refractivity contribution < 1.29 is 9.53 Å². The molecule has 148 valence electrons. The summed E-state index contributed by atoms with van der Waals surface area (Å²) in [7, 11) is 0. The highest BCUT2D eigenvalue weighted by atomic mass is 35.5. The molecule has 4 heteroatoms. The zero-order chi connectivity index (χ0) is 20.5. The first-order chi connectivity index (χ1) is 14.2. The lowest BCUT2D eigenvalue weighted by molar-refractivity contribution is -0.125. The summed E-state index contributed by atoms with van der Waals surface area (Å²) >= 11 is 6.04. The van der Waals surface area contributed by atoms with E-state index in [-0.39, 0.29) is 5.91 Å². The molecule has 1 amide bonds. The molecule has 0 saturated carbocycles. The minimum atomic E-state index is -0.530. The fourth-order valence-corrected chi connectivity index (χ4v) is 3.25. The van der Waals surface area contributed by atoms with Gasteiger partial charge in [-0.15, -0.1) is 6.58 Å². The second-order valence-corrected chi connectivity index (χ2v) is 7.17. The Labute approximate surface area is 177 Å². The summed E-state index contributed by atoms with van der Waals surface area (Å²) < 4.78 is 6.09. The number of rotatable bonds is 9. The summed E-state index contributed by atoms with van der Waals surface area (Å²) in [6.07, 6.45) is 1.21. The van der Waals surface area contributed by atoms with Gasteiger partial charge < -0.3 is 10.1 Å². The van der Waals surface area contributed by atoms with Crippen LogP contribution >= 0.6 is 11.6 Å². The lowest BCUT2D eigenvalue weighted by Crippen LogP contribution is -2.36. The van der Waals surface area contributed by atoms with E-state index in [1.807, 2.05) is 72.8 Å². The molecule has 0 saturated heterocycles. The van der Waals surface area contributed by atoms with Crippen LogP contribution in [-0.4, -0.2) is 12.0 Å². The van der Waals surface area contributed by atoms with Gasteiger partial charge in [0.15, 0.2) is 0 Å². The molecular weight excluding hydrogens is 382 g/mol. The average molecular weight is 406 g/mol. The number of nitrogens with one attached hydrogen (secondary N) is 1. The van der Waals surface area contributed by atoms with E-state index in [4.69, 9.17) is 16.3 Å². The zero-order valence-corrected chi connectivity index (χ0v) is 16.9. The van der Waals surface area contributed by atoms with Crippen LogP contribution in [0.4, 0.5) is 0 Å². The standard InChI is InChI=1S/C25H24ClNO2/c1-2-23(29-18-20-11-7-4-8-12-20)24(21-13-15-22(26)16-14-21)25(28)27-17-19-9-5-3-6-10-19/h2-16,23-24H,1,17-18H2,(H,27,28)/t23-,24+/m0/s1. The first-order valence-electron chi connectivity index (χ1n) is 9.52.